The molecule has 0 unspecified atom stereocenters. The van der Waals surface area contributed by atoms with Gasteiger partial charge in [-0.25, -0.2) is 4.98 Å². The summed E-state index contributed by atoms with van der Waals surface area (Å²) in [6.07, 6.45) is -1.75. The molecule has 0 radical (unpaired) electrons. The molecule has 0 saturated carbocycles. The Balaban J connectivity index is 1.82. The van der Waals surface area contributed by atoms with Gasteiger partial charge < -0.3 is 15.5 Å². The van der Waals surface area contributed by atoms with Crippen LogP contribution in [0.15, 0.2) is 48.7 Å². The molecule has 0 spiro atoms. The number of aromatic nitrogens is 1. The van der Waals surface area contributed by atoms with Crippen molar-refractivity contribution < 1.29 is 22.8 Å². The molecule has 3 rings (SSSR count). The van der Waals surface area contributed by atoms with E-state index in [1.807, 2.05) is 24.0 Å². The summed E-state index contributed by atoms with van der Waals surface area (Å²) in [6, 6.07) is 12.4. The summed E-state index contributed by atoms with van der Waals surface area (Å²) in [5, 5.41) is 4.78. The zero-order chi connectivity index (χ0) is 24.0. The fourth-order valence-electron chi connectivity index (χ4n) is 3.33. The van der Waals surface area contributed by atoms with Gasteiger partial charge in [0.1, 0.15) is 0 Å². The molecule has 0 atom stereocenters. The van der Waals surface area contributed by atoms with Crippen LogP contribution < -0.4 is 15.5 Å². The van der Waals surface area contributed by atoms with Crippen molar-refractivity contribution in [2.24, 2.45) is 0 Å². The number of alkyl halides is 3. The lowest BCUT2D eigenvalue weighted by atomic mass is 10.1. The minimum atomic E-state index is -4.50. The van der Waals surface area contributed by atoms with Crippen molar-refractivity contribution in [2.75, 3.05) is 23.8 Å². The molecule has 1 amide bonds. The SMILES string of the molecule is CCCN(c1ccccc1C=O)c1ccc(C(=O)NCc2cnc(C(F)(F)F)s2)cc1NC. The average molecular weight is 477 g/mol. The van der Waals surface area contributed by atoms with Crippen LogP contribution in [0.1, 0.15) is 43.9 Å². The van der Waals surface area contributed by atoms with Crippen LogP contribution in [0.3, 0.4) is 0 Å². The molecule has 6 nitrogen and oxygen atoms in total. The van der Waals surface area contributed by atoms with Crippen molar-refractivity contribution in [1.82, 2.24) is 10.3 Å². The van der Waals surface area contributed by atoms with E-state index in [1.54, 1.807) is 37.4 Å². The summed E-state index contributed by atoms with van der Waals surface area (Å²) < 4.78 is 38.1. The monoisotopic (exact) mass is 476 g/mol. The zero-order valence-electron chi connectivity index (χ0n) is 18.1. The number of carbonyl (C=O) groups excluding carboxylic acids is 2. The maximum Gasteiger partial charge on any atom is 0.443 e. The number of nitrogens with one attached hydrogen (secondary N) is 2. The number of hydrogen-bond acceptors (Lipinski definition) is 6. The quantitative estimate of drug-likeness (QED) is 0.399. The molecule has 0 fully saturated rings. The molecular formula is C23H23F3N4O2S. The van der Waals surface area contributed by atoms with Gasteiger partial charge in [0.05, 0.1) is 23.6 Å². The molecule has 0 saturated heterocycles. The normalized spacial score (nSPS) is 11.2. The third-order valence-electron chi connectivity index (χ3n) is 4.84. The lowest BCUT2D eigenvalue weighted by molar-refractivity contribution is -0.137. The number of thiazole rings is 1. The molecule has 33 heavy (non-hydrogen) atoms. The van der Waals surface area contributed by atoms with E-state index in [4.69, 9.17) is 0 Å². The Labute approximate surface area is 193 Å². The second kappa shape index (κ2) is 10.5. The third kappa shape index (κ3) is 5.70. The Morgan fingerprint density at radius 2 is 1.94 bits per heavy atom. The molecule has 2 aromatic carbocycles. The van der Waals surface area contributed by atoms with Gasteiger partial charge in [-0.2, -0.15) is 13.2 Å². The molecule has 0 bridgehead atoms. The van der Waals surface area contributed by atoms with Crippen molar-refractivity contribution >= 4 is 40.6 Å². The van der Waals surface area contributed by atoms with Crippen LogP contribution in [0, 0.1) is 0 Å². The standard InChI is InChI=1S/C23H23F3N4O2S/c1-3-10-30(19-7-5-4-6-16(19)14-31)20-9-8-15(11-18(20)27-2)21(32)28-12-17-13-29-22(33-17)23(24,25)26/h4-9,11,13-14,27H,3,10,12H2,1-2H3,(H,28,32). The number of amides is 1. The summed E-state index contributed by atoms with van der Waals surface area (Å²) in [7, 11) is 1.73. The molecule has 0 aliphatic rings. The fraction of sp³-hybridized carbons (Fsp3) is 0.261. The van der Waals surface area contributed by atoms with Gasteiger partial charge in [0.15, 0.2) is 11.3 Å². The smallest absolute Gasteiger partial charge is 0.386 e. The van der Waals surface area contributed by atoms with Crippen molar-refractivity contribution in [3.8, 4) is 0 Å². The maximum atomic E-state index is 12.7. The second-order valence-electron chi connectivity index (χ2n) is 7.12. The summed E-state index contributed by atoms with van der Waals surface area (Å²) in [5.41, 5.74) is 3.13. The van der Waals surface area contributed by atoms with Gasteiger partial charge in [0.25, 0.3) is 5.91 Å². The third-order valence-corrected chi connectivity index (χ3v) is 5.88. The van der Waals surface area contributed by atoms with Crippen LogP contribution in [-0.2, 0) is 12.7 Å². The average Bonchev–Trinajstić information content (AvgIpc) is 3.30. The van der Waals surface area contributed by atoms with Gasteiger partial charge in [-0.05, 0) is 36.8 Å². The number of hydrogen-bond donors (Lipinski definition) is 2. The number of rotatable bonds is 9. The van der Waals surface area contributed by atoms with E-state index in [1.165, 1.54) is 0 Å². The number of nitrogens with zero attached hydrogens (tertiary/aromatic N) is 2. The topological polar surface area (TPSA) is 74.3 Å². The second-order valence-corrected chi connectivity index (χ2v) is 8.24. The number of para-hydroxylation sites is 1. The first kappa shape index (κ1) is 24.2. The predicted octanol–water partition coefficient (Wildman–Crippen LogP) is 5.49. The summed E-state index contributed by atoms with van der Waals surface area (Å²) >= 11 is 0.499. The Hall–Kier alpha value is -3.40. The van der Waals surface area contributed by atoms with E-state index in [9.17, 15) is 22.8 Å². The number of carbonyl (C=O) groups is 2. The van der Waals surface area contributed by atoms with Crippen molar-refractivity contribution in [3.05, 3.63) is 69.7 Å². The Kier molecular flexibility index (Phi) is 7.70. The molecule has 0 aliphatic carbocycles. The first-order valence-electron chi connectivity index (χ1n) is 10.2. The van der Waals surface area contributed by atoms with E-state index in [0.29, 0.717) is 39.6 Å². The zero-order valence-corrected chi connectivity index (χ0v) is 18.9. The Morgan fingerprint density at radius 3 is 2.58 bits per heavy atom. The number of halogens is 3. The summed E-state index contributed by atoms with van der Waals surface area (Å²) in [4.78, 5) is 29.9. The van der Waals surface area contributed by atoms with Crippen LogP contribution >= 0.6 is 11.3 Å². The van der Waals surface area contributed by atoms with Gasteiger partial charge >= 0.3 is 6.18 Å². The highest BCUT2D eigenvalue weighted by Gasteiger charge is 2.34. The molecule has 1 aromatic heterocycles. The number of aldehydes is 1. The molecule has 2 N–H and O–H groups in total. The van der Waals surface area contributed by atoms with Gasteiger partial charge in [-0.1, -0.05) is 19.1 Å². The Bertz CT molecular complexity index is 1130. The molecule has 3 aromatic rings. The maximum absolute atomic E-state index is 12.7. The highest BCUT2D eigenvalue weighted by molar-refractivity contribution is 7.11. The van der Waals surface area contributed by atoms with E-state index in [0.717, 1.165) is 30.3 Å². The van der Waals surface area contributed by atoms with E-state index < -0.39 is 17.1 Å². The van der Waals surface area contributed by atoms with Crippen molar-refractivity contribution in [1.29, 1.82) is 0 Å². The first-order chi connectivity index (χ1) is 15.8. The van der Waals surface area contributed by atoms with Crippen LogP contribution in [0.25, 0.3) is 0 Å². The lowest BCUT2D eigenvalue weighted by Gasteiger charge is -2.28. The van der Waals surface area contributed by atoms with E-state index in [-0.39, 0.29) is 6.54 Å². The Morgan fingerprint density at radius 1 is 1.18 bits per heavy atom. The van der Waals surface area contributed by atoms with Gasteiger partial charge in [0.2, 0.25) is 0 Å². The molecule has 174 valence electrons. The van der Waals surface area contributed by atoms with E-state index in [2.05, 4.69) is 15.6 Å². The van der Waals surface area contributed by atoms with Crippen molar-refractivity contribution in [2.45, 2.75) is 26.1 Å². The van der Waals surface area contributed by atoms with Crippen molar-refractivity contribution in [3.63, 3.8) is 0 Å². The number of anilines is 3. The molecule has 1 heterocycles. The minimum Gasteiger partial charge on any atom is -0.386 e. The van der Waals surface area contributed by atoms with Crippen LogP contribution in [0.4, 0.5) is 30.2 Å². The first-order valence-corrected chi connectivity index (χ1v) is 11.0. The highest BCUT2D eigenvalue weighted by Crippen LogP contribution is 2.35. The molecule has 0 aliphatic heterocycles. The largest absolute Gasteiger partial charge is 0.443 e. The summed E-state index contributed by atoms with van der Waals surface area (Å²) in [5.74, 6) is -0.421. The predicted molar refractivity (Wildman–Crippen MR) is 123 cm³/mol. The fourth-order valence-corrected chi connectivity index (χ4v) is 4.05. The number of benzene rings is 2. The molecule has 10 heteroatoms. The van der Waals surface area contributed by atoms with Gasteiger partial charge in [0, 0.05) is 35.8 Å². The van der Waals surface area contributed by atoms with E-state index >= 15 is 0 Å². The van der Waals surface area contributed by atoms with Crippen LogP contribution in [0.2, 0.25) is 0 Å². The highest BCUT2D eigenvalue weighted by atomic mass is 32.1. The van der Waals surface area contributed by atoms with Gasteiger partial charge in [-0.15, -0.1) is 11.3 Å². The minimum absolute atomic E-state index is 0.0577. The van der Waals surface area contributed by atoms with Crippen LogP contribution in [-0.4, -0.2) is 30.8 Å². The molecular weight excluding hydrogens is 453 g/mol. The lowest BCUT2D eigenvalue weighted by Crippen LogP contribution is -2.24. The summed E-state index contributed by atoms with van der Waals surface area (Å²) in [6.45, 7) is 2.62. The van der Waals surface area contributed by atoms with Crippen LogP contribution in [0.5, 0.6) is 0 Å². The van der Waals surface area contributed by atoms with Gasteiger partial charge in [-0.3, -0.25) is 9.59 Å².